The number of anilines is 1. The Labute approximate surface area is 184 Å². The molecule has 32 heavy (non-hydrogen) atoms. The summed E-state index contributed by atoms with van der Waals surface area (Å²) in [5.41, 5.74) is 1.25. The van der Waals surface area contributed by atoms with Crippen LogP contribution in [-0.4, -0.2) is 53.3 Å². The maximum absolute atomic E-state index is 12.6. The first-order valence-corrected chi connectivity index (χ1v) is 10.4. The van der Waals surface area contributed by atoms with Crippen LogP contribution in [0.5, 0.6) is 5.75 Å². The number of alkyl halides is 3. The molecule has 0 radical (unpaired) electrons. The summed E-state index contributed by atoms with van der Waals surface area (Å²) >= 11 is 1.27. The number of aromatic nitrogens is 1. The van der Waals surface area contributed by atoms with E-state index in [0.29, 0.717) is 47.1 Å². The average molecular weight is 466 g/mol. The molecule has 1 aliphatic rings. The SMILES string of the molecule is O=C(Cc1ccc([N+](=O)[O-])cc1)N1CCN(c2nc3ccc(OC(F)(F)F)cc3s2)CC1. The maximum atomic E-state index is 12.6. The van der Waals surface area contributed by atoms with Gasteiger partial charge in [-0.05, 0) is 17.7 Å². The fourth-order valence-electron chi connectivity index (χ4n) is 3.39. The molecule has 1 aromatic heterocycles. The molecule has 8 nitrogen and oxygen atoms in total. The lowest BCUT2D eigenvalue weighted by molar-refractivity contribution is -0.384. The zero-order valence-electron chi connectivity index (χ0n) is 16.5. The van der Waals surface area contributed by atoms with E-state index in [0.717, 1.165) is 0 Å². The van der Waals surface area contributed by atoms with Crippen LogP contribution >= 0.6 is 11.3 Å². The number of non-ortho nitro benzene ring substituents is 1. The second-order valence-corrected chi connectivity index (χ2v) is 8.15. The first-order chi connectivity index (χ1) is 15.2. The summed E-state index contributed by atoms with van der Waals surface area (Å²) in [6.07, 6.45) is -4.60. The summed E-state index contributed by atoms with van der Waals surface area (Å²) < 4.78 is 41.8. The molecule has 0 atom stereocenters. The number of nitrogens with zero attached hydrogens (tertiary/aromatic N) is 4. The van der Waals surface area contributed by atoms with E-state index in [9.17, 15) is 28.1 Å². The number of rotatable bonds is 5. The van der Waals surface area contributed by atoms with Crippen LogP contribution in [-0.2, 0) is 11.2 Å². The molecule has 2 aromatic carbocycles. The first-order valence-electron chi connectivity index (χ1n) is 9.60. The molecule has 0 aliphatic carbocycles. The van der Waals surface area contributed by atoms with Crippen LogP contribution in [0, 0.1) is 10.1 Å². The van der Waals surface area contributed by atoms with Crippen molar-refractivity contribution >= 4 is 38.3 Å². The molecule has 1 amide bonds. The van der Waals surface area contributed by atoms with Crippen molar-refractivity contribution in [3.05, 3.63) is 58.1 Å². The molecule has 0 N–H and O–H groups in total. The van der Waals surface area contributed by atoms with Crippen LogP contribution in [0.4, 0.5) is 24.0 Å². The van der Waals surface area contributed by atoms with Crippen molar-refractivity contribution < 1.29 is 27.6 Å². The smallest absolute Gasteiger partial charge is 0.406 e. The summed E-state index contributed by atoms with van der Waals surface area (Å²) in [6, 6.07) is 9.93. The Morgan fingerprint density at radius 1 is 1.12 bits per heavy atom. The number of amides is 1. The summed E-state index contributed by atoms with van der Waals surface area (Å²) in [6.45, 7) is 2.03. The second-order valence-electron chi connectivity index (χ2n) is 7.14. The van der Waals surface area contributed by atoms with Crippen molar-refractivity contribution in [3.8, 4) is 5.75 Å². The standard InChI is InChI=1S/C20H17F3N4O4S/c21-20(22,23)31-15-5-6-16-17(12-15)32-19(24-16)26-9-7-25(8-10-26)18(28)11-13-1-3-14(4-2-13)27(29)30/h1-6,12H,7-11H2. The molecule has 1 saturated heterocycles. The molecule has 0 spiro atoms. The van der Waals surface area contributed by atoms with Gasteiger partial charge in [-0.2, -0.15) is 0 Å². The number of halogens is 3. The quantitative estimate of drug-likeness (QED) is 0.417. The van der Waals surface area contributed by atoms with E-state index in [1.165, 1.54) is 41.7 Å². The zero-order valence-corrected chi connectivity index (χ0v) is 17.4. The second kappa shape index (κ2) is 8.61. The molecule has 0 bridgehead atoms. The topological polar surface area (TPSA) is 88.8 Å². The van der Waals surface area contributed by atoms with Crippen LogP contribution in [0.15, 0.2) is 42.5 Å². The van der Waals surface area contributed by atoms with E-state index >= 15 is 0 Å². The third-order valence-corrected chi connectivity index (χ3v) is 6.07. The Balaban J connectivity index is 1.36. The van der Waals surface area contributed by atoms with Crippen LogP contribution in [0.25, 0.3) is 10.2 Å². The van der Waals surface area contributed by atoms with Gasteiger partial charge in [0.05, 0.1) is 21.6 Å². The molecular weight excluding hydrogens is 449 g/mol. The summed E-state index contributed by atoms with van der Waals surface area (Å²) in [4.78, 5) is 31.0. The molecule has 168 valence electrons. The van der Waals surface area contributed by atoms with Gasteiger partial charge in [0, 0.05) is 44.4 Å². The summed E-state index contributed by atoms with van der Waals surface area (Å²) in [5.74, 6) is -0.362. The molecule has 12 heteroatoms. The number of ether oxygens (including phenoxy) is 1. The number of thiazole rings is 1. The number of nitro benzene ring substituents is 1. The minimum atomic E-state index is -4.75. The lowest BCUT2D eigenvalue weighted by Gasteiger charge is -2.34. The van der Waals surface area contributed by atoms with Gasteiger partial charge in [-0.3, -0.25) is 14.9 Å². The van der Waals surface area contributed by atoms with E-state index in [2.05, 4.69) is 9.72 Å². The predicted molar refractivity (Wildman–Crippen MR) is 112 cm³/mol. The average Bonchev–Trinajstić information content (AvgIpc) is 3.16. The fourth-order valence-corrected chi connectivity index (χ4v) is 4.44. The highest BCUT2D eigenvalue weighted by Gasteiger charge is 2.31. The number of benzene rings is 2. The van der Waals surface area contributed by atoms with Crippen LogP contribution in [0.1, 0.15) is 5.56 Å². The van der Waals surface area contributed by atoms with Gasteiger partial charge in [-0.1, -0.05) is 23.5 Å². The highest BCUT2D eigenvalue weighted by molar-refractivity contribution is 7.22. The lowest BCUT2D eigenvalue weighted by atomic mass is 10.1. The van der Waals surface area contributed by atoms with Crippen molar-refractivity contribution in [2.24, 2.45) is 0 Å². The van der Waals surface area contributed by atoms with Gasteiger partial charge >= 0.3 is 6.36 Å². The van der Waals surface area contributed by atoms with E-state index in [-0.39, 0.29) is 23.8 Å². The Morgan fingerprint density at radius 3 is 2.44 bits per heavy atom. The van der Waals surface area contributed by atoms with Crippen LogP contribution in [0.3, 0.4) is 0 Å². The normalized spacial score (nSPS) is 14.6. The molecule has 1 aliphatic heterocycles. The molecule has 3 aromatic rings. The van der Waals surface area contributed by atoms with Crippen molar-refractivity contribution in [3.63, 3.8) is 0 Å². The van der Waals surface area contributed by atoms with Crippen molar-refractivity contribution in [2.75, 3.05) is 31.1 Å². The van der Waals surface area contributed by atoms with Gasteiger partial charge in [0.2, 0.25) is 5.91 Å². The highest BCUT2D eigenvalue weighted by Crippen LogP contribution is 2.33. The van der Waals surface area contributed by atoms with E-state index in [4.69, 9.17) is 0 Å². The number of carbonyl (C=O) groups is 1. The van der Waals surface area contributed by atoms with Crippen LogP contribution in [0.2, 0.25) is 0 Å². The molecule has 1 fully saturated rings. The highest BCUT2D eigenvalue weighted by atomic mass is 32.1. The number of piperazine rings is 1. The monoisotopic (exact) mass is 466 g/mol. The van der Waals surface area contributed by atoms with Crippen molar-refractivity contribution in [1.82, 2.24) is 9.88 Å². The van der Waals surface area contributed by atoms with Gasteiger partial charge in [0.25, 0.3) is 5.69 Å². The van der Waals surface area contributed by atoms with Gasteiger partial charge < -0.3 is 14.5 Å². The maximum Gasteiger partial charge on any atom is 0.573 e. The molecular formula is C20H17F3N4O4S. The molecule has 2 heterocycles. The Hall–Kier alpha value is -3.41. The summed E-state index contributed by atoms with van der Waals surface area (Å²) in [7, 11) is 0. The minimum absolute atomic E-state index is 0.0252. The zero-order chi connectivity index (χ0) is 22.9. The van der Waals surface area contributed by atoms with E-state index < -0.39 is 11.3 Å². The third kappa shape index (κ3) is 5.07. The number of hydrogen-bond donors (Lipinski definition) is 0. The van der Waals surface area contributed by atoms with E-state index in [1.54, 1.807) is 17.0 Å². The number of fused-ring (bicyclic) bond motifs is 1. The van der Waals surface area contributed by atoms with Gasteiger partial charge in [0.15, 0.2) is 5.13 Å². The Bertz CT molecular complexity index is 1140. The Morgan fingerprint density at radius 2 is 1.81 bits per heavy atom. The number of hydrogen-bond acceptors (Lipinski definition) is 7. The minimum Gasteiger partial charge on any atom is -0.406 e. The Kier molecular flexibility index (Phi) is 5.87. The number of nitro groups is 1. The van der Waals surface area contributed by atoms with Crippen molar-refractivity contribution in [2.45, 2.75) is 12.8 Å². The van der Waals surface area contributed by atoms with Gasteiger partial charge in [-0.25, -0.2) is 4.98 Å². The molecule has 4 rings (SSSR count). The lowest BCUT2D eigenvalue weighted by Crippen LogP contribution is -2.49. The van der Waals surface area contributed by atoms with Crippen molar-refractivity contribution in [1.29, 1.82) is 0 Å². The first kappa shape index (κ1) is 21.8. The summed E-state index contributed by atoms with van der Waals surface area (Å²) in [5, 5.41) is 11.4. The fraction of sp³-hybridized carbons (Fsp3) is 0.300. The predicted octanol–water partition coefficient (Wildman–Crippen LogP) is 3.99. The van der Waals surface area contributed by atoms with Crippen LogP contribution < -0.4 is 9.64 Å². The molecule has 0 unspecified atom stereocenters. The largest absolute Gasteiger partial charge is 0.573 e. The van der Waals surface area contributed by atoms with Gasteiger partial charge in [0.1, 0.15) is 5.75 Å². The van der Waals surface area contributed by atoms with E-state index in [1.807, 2.05) is 4.90 Å². The van der Waals surface area contributed by atoms with Gasteiger partial charge in [-0.15, -0.1) is 13.2 Å². The molecule has 0 saturated carbocycles. The third-order valence-electron chi connectivity index (χ3n) is 4.99. The number of carbonyl (C=O) groups excluding carboxylic acids is 1.